The Hall–Kier alpha value is -7.92. The monoisotopic (exact) mass is 808 g/mol. The van der Waals surface area contributed by atoms with Crippen LogP contribution in [0, 0.1) is 0 Å². The van der Waals surface area contributed by atoms with Crippen molar-refractivity contribution in [1.82, 2.24) is 4.57 Å². The summed E-state index contributed by atoms with van der Waals surface area (Å²) in [6, 6.07) is 79.3. The third-order valence-corrected chi connectivity index (χ3v) is 13.8. The number of fused-ring (bicyclic) bond motifs is 10. The second kappa shape index (κ2) is 13.8. The third kappa shape index (κ3) is 5.30. The van der Waals surface area contributed by atoms with E-state index >= 15 is 0 Å². The molecule has 3 heterocycles. The summed E-state index contributed by atoms with van der Waals surface area (Å²) >= 11 is 1.88. The molecule has 0 N–H and O–H groups in total. The zero-order chi connectivity index (χ0) is 40.7. The van der Waals surface area contributed by atoms with Gasteiger partial charge in [-0.15, -0.1) is 11.3 Å². The molecular formula is C58H36N2OS. The molecule has 0 aliphatic heterocycles. The van der Waals surface area contributed by atoms with Crippen LogP contribution in [0.25, 0.3) is 103 Å². The van der Waals surface area contributed by atoms with E-state index in [1.165, 1.54) is 63.9 Å². The second-order valence-electron chi connectivity index (χ2n) is 16.0. The highest BCUT2D eigenvalue weighted by atomic mass is 32.1. The highest BCUT2D eigenvalue weighted by molar-refractivity contribution is 7.26. The van der Waals surface area contributed by atoms with E-state index in [2.05, 4.69) is 222 Å². The molecule has 0 aliphatic carbocycles. The molecule has 0 bridgehead atoms. The van der Waals surface area contributed by atoms with E-state index < -0.39 is 0 Å². The number of para-hydroxylation sites is 5. The van der Waals surface area contributed by atoms with Crippen LogP contribution >= 0.6 is 11.3 Å². The fourth-order valence-electron chi connectivity index (χ4n) is 9.82. The minimum atomic E-state index is 0.895. The van der Waals surface area contributed by atoms with Crippen LogP contribution in [0.5, 0.6) is 0 Å². The van der Waals surface area contributed by atoms with E-state index in [0.717, 1.165) is 55.8 Å². The van der Waals surface area contributed by atoms with E-state index in [1.807, 2.05) is 17.4 Å². The zero-order valence-electron chi connectivity index (χ0n) is 33.5. The van der Waals surface area contributed by atoms with Crippen LogP contribution < -0.4 is 4.90 Å². The lowest BCUT2D eigenvalue weighted by Gasteiger charge is -2.29. The summed E-state index contributed by atoms with van der Waals surface area (Å²) in [5, 5.41) is 9.65. The Balaban J connectivity index is 1.12. The second-order valence-corrected chi connectivity index (χ2v) is 17.1. The number of anilines is 3. The smallest absolute Gasteiger partial charge is 0.143 e. The van der Waals surface area contributed by atoms with Crippen molar-refractivity contribution in [2.24, 2.45) is 0 Å². The lowest BCUT2D eigenvalue weighted by Crippen LogP contribution is -2.12. The van der Waals surface area contributed by atoms with Crippen LogP contribution in [-0.2, 0) is 0 Å². The summed E-state index contributed by atoms with van der Waals surface area (Å²) in [5.74, 6) is 0. The summed E-state index contributed by atoms with van der Waals surface area (Å²) in [6.45, 7) is 0. The Labute approximate surface area is 361 Å². The first kappa shape index (κ1) is 34.9. The van der Waals surface area contributed by atoms with E-state index in [9.17, 15) is 0 Å². The Morgan fingerprint density at radius 2 is 1.06 bits per heavy atom. The number of hydrogen-bond acceptors (Lipinski definition) is 3. The first-order chi connectivity index (χ1) is 30.8. The molecule has 0 unspecified atom stereocenters. The van der Waals surface area contributed by atoms with Gasteiger partial charge >= 0.3 is 0 Å². The van der Waals surface area contributed by atoms with E-state index in [0.29, 0.717) is 0 Å². The number of benzene rings is 10. The Kier molecular flexibility index (Phi) is 7.78. The predicted octanol–water partition coefficient (Wildman–Crippen LogP) is 17.0. The van der Waals surface area contributed by atoms with Gasteiger partial charge in [0.1, 0.15) is 11.2 Å². The molecule has 0 spiro atoms. The normalized spacial score (nSPS) is 11.9. The van der Waals surface area contributed by atoms with Crippen molar-refractivity contribution >= 4 is 103 Å². The average molecular weight is 809 g/mol. The predicted molar refractivity (Wildman–Crippen MR) is 264 cm³/mol. The number of nitrogens with zero attached hydrogens (tertiary/aromatic N) is 2. The first-order valence-corrected chi connectivity index (χ1v) is 21.9. The van der Waals surface area contributed by atoms with Gasteiger partial charge in [0, 0.05) is 69.8 Å². The highest BCUT2D eigenvalue weighted by Crippen LogP contribution is 2.51. The van der Waals surface area contributed by atoms with Gasteiger partial charge in [-0.05, 0) is 77.0 Å². The standard InChI is InChI=1S/C58H36N2OS/c1-2-16-38-35-41(32-31-37(38)15-1)59(40-18-13-17-39(36-40)42-24-14-25-47-45-21-6-11-29-54(45)61-57(42)47)53-34-33-48-46-22-7-12-30-55(46)62-58(48)56(53)49-23-5-10-28-52(49)60-50-26-8-3-19-43(50)44-20-4-9-27-51(44)60/h1-36H. The molecular weight excluding hydrogens is 773 g/mol. The van der Waals surface area contributed by atoms with Gasteiger partial charge in [0.05, 0.1) is 22.4 Å². The van der Waals surface area contributed by atoms with Gasteiger partial charge in [-0.2, -0.15) is 0 Å². The molecule has 13 aromatic rings. The van der Waals surface area contributed by atoms with Gasteiger partial charge in [-0.25, -0.2) is 0 Å². The van der Waals surface area contributed by atoms with Crippen LogP contribution in [0.2, 0.25) is 0 Å². The quantitative estimate of drug-likeness (QED) is 0.167. The van der Waals surface area contributed by atoms with Gasteiger partial charge in [0.25, 0.3) is 0 Å². The molecule has 4 heteroatoms. The summed E-state index contributed by atoms with van der Waals surface area (Å²) in [7, 11) is 0. The molecule has 0 saturated heterocycles. The molecule has 0 radical (unpaired) electrons. The van der Waals surface area contributed by atoms with Gasteiger partial charge in [-0.3, -0.25) is 0 Å². The minimum Gasteiger partial charge on any atom is -0.455 e. The molecule has 3 aromatic heterocycles. The van der Waals surface area contributed by atoms with E-state index in [1.54, 1.807) is 0 Å². The molecule has 13 rings (SSSR count). The molecule has 0 amide bonds. The third-order valence-electron chi connectivity index (χ3n) is 12.6. The molecule has 62 heavy (non-hydrogen) atoms. The van der Waals surface area contributed by atoms with Gasteiger partial charge in [-0.1, -0.05) is 158 Å². The van der Waals surface area contributed by atoms with Crippen molar-refractivity contribution in [3.8, 4) is 27.9 Å². The molecule has 0 aliphatic rings. The SMILES string of the molecule is c1cc(-c2cccc3c2oc2ccccc23)cc(N(c2ccc3ccccc3c2)c2ccc3c(sc4ccccc43)c2-c2ccccc2-n2c3ccccc3c3ccccc32)c1. The van der Waals surface area contributed by atoms with E-state index in [4.69, 9.17) is 4.42 Å². The molecule has 0 saturated carbocycles. The molecule has 290 valence electrons. The van der Waals surface area contributed by atoms with Gasteiger partial charge < -0.3 is 13.9 Å². The summed E-state index contributed by atoms with van der Waals surface area (Å²) in [4.78, 5) is 2.47. The van der Waals surface area contributed by atoms with Crippen LogP contribution in [0.1, 0.15) is 0 Å². The van der Waals surface area contributed by atoms with Crippen LogP contribution in [0.15, 0.2) is 223 Å². The molecule has 10 aromatic carbocycles. The molecule has 0 fully saturated rings. The summed E-state index contributed by atoms with van der Waals surface area (Å²) in [5.41, 5.74) is 13.1. The van der Waals surface area contributed by atoms with E-state index in [-0.39, 0.29) is 0 Å². The van der Waals surface area contributed by atoms with Crippen molar-refractivity contribution in [2.75, 3.05) is 4.90 Å². The van der Waals surface area contributed by atoms with Gasteiger partial charge in [0.2, 0.25) is 0 Å². The Bertz CT molecular complexity index is 3850. The maximum absolute atomic E-state index is 6.60. The van der Waals surface area contributed by atoms with Crippen molar-refractivity contribution in [3.05, 3.63) is 218 Å². The maximum atomic E-state index is 6.60. The van der Waals surface area contributed by atoms with Crippen LogP contribution in [-0.4, -0.2) is 4.57 Å². The van der Waals surface area contributed by atoms with Crippen molar-refractivity contribution < 1.29 is 4.42 Å². The van der Waals surface area contributed by atoms with Crippen molar-refractivity contribution in [2.45, 2.75) is 0 Å². The fraction of sp³-hybridized carbons (Fsp3) is 0. The fourth-order valence-corrected chi connectivity index (χ4v) is 11.1. The lowest BCUT2D eigenvalue weighted by molar-refractivity contribution is 0.670. The van der Waals surface area contributed by atoms with Crippen molar-refractivity contribution in [1.29, 1.82) is 0 Å². The maximum Gasteiger partial charge on any atom is 0.143 e. The zero-order valence-corrected chi connectivity index (χ0v) is 34.3. The topological polar surface area (TPSA) is 21.3 Å². The summed E-state index contributed by atoms with van der Waals surface area (Å²) < 4.78 is 11.6. The average Bonchev–Trinajstić information content (AvgIpc) is 4.01. The number of furan rings is 1. The van der Waals surface area contributed by atoms with Crippen LogP contribution in [0.4, 0.5) is 17.1 Å². The largest absolute Gasteiger partial charge is 0.455 e. The van der Waals surface area contributed by atoms with Crippen LogP contribution in [0.3, 0.4) is 0 Å². The van der Waals surface area contributed by atoms with Crippen molar-refractivity contribution in [3.63, 3.8) is 0 Å². The lowest BCUT2D eigenvalue weighted by atomic mass is 9.96. The van der Waals surface area contributed by atoms with Gasteiger partial charge in [0.15, 0.2) is 0 Å². The molecule has 3 nitrogen and oxygen atoms in total. The number of thiophene rings is 1. The highest BCUT2D eigenvalue weighted by Gasteiger charge is 2.25. The Morgan fingerprint density at radius 1 is 0.419 bits per heavy atom. The number of hydrogen-bond donors (Lipinski definition) is 0. The molecule has 0 atom stereocenters. The summed E-state index contributed by atoms with van der Waals surface area (Å²) in [6.07, 6.45) is 0. The minimum absolute atomic E-state index is 0.895. The first-order valence-electron chi connectivity index (χ1n) is 21.1. The number of rotatable bonds is 6. The Morgan fingerprint density at radius 3 is 1.92 bits per heavy atom. The number of aromatic nitrogens is 1.